The summed E-state index contributed by atoms with van der Waals surface area (Å²) >= 11 is 5.91. The summed E-state index contributed by atoms with van der Waals surface area (Å²) in [5, 5.41) is 0.404. The number of amides is 1. The molecule has 0 atom stereocenters. The maximum Gasteiger partial charge on any atom is 0.278 e. The number of benzene rings is 3. The molecule has 0 radical (unpaired) electrons. The fourth-order valence-electron chi connectivity index (χ4n) is 3.06. The van der Waals surface area contributed by atoms with E-state index in [9.17, 15) is 13.2 Å². The van der Waals surface area contributed by atoms with Crippen molar-refractivity contribution in [3.63, 3.8) is 0 Å². The second-order valence-electron chi connectivity index (χ2n) is 7.44. The van der Waals surface area contributed by atoms with Gasteiger partial charge in [0.05, 0.1) is 10.6 Å². The average molecular weight is 458 g/mol. The van der Waals surface area contributed by atoms with Crippen LogP contribution in [-0.4, -0.2) is 20.9 Å². The van der Waals surface area contributed by atoms with Gasteiger partial charge in [0.1, 0.15) is 5.75 Å². The molecular weight excluding hydrogens is 434 g/mol. The lowest BCUT2D eigenvalue weighted by Gasteiger charge is -2.25. The number of carbonyl (C=O) groups excluding carboxylic acids is 1. The third kappa shape index (κ3) is 5.09. The van der Waals surface area contributed by atoms with E-state index in [1.807, 2.05) is 39.0 Å². The second-order valence-corrected chi connectivity index (χ2v) is 9.66. The van der Waals surface area contributed by atoms with E-state index < -0.39 is 22.5 Å². The summed E-state index contributed by atoms with van der Waals surface area (Å²) in [6.45, 7) is 7.09. The zero-order valence-electron chi connectivity index (χ0n) is 17.8. The molecule has 0 heterocycles. The average Bonchev–Trinajstić information content (AvgIpc) is 2.72. The van der Waals surface area contributed by atoms with Gasteiger partial charge in [-0.05, 0) is 92.4 Å². The van der Waals surface area contributed by atoms with E-state index in [-0.39, 0.29) is 4.90 Å². The van der Waals surface area contributed by atoms with Crippen molar-refractivity contribution in [3.05, 3.63) is 87.9 Å². The van der Waals surface area contributed by atoms with Gasteiger partial charge in [-0.1, -0.05) is 29.8 Å². The number of sulfonamides is 1. The zero-order valence-corrected chi connectivity index (χ0v) is 19.4. The molecule has 0 saturated carbocycles. The molecular formula is C24H24ClNO4S. The van der Waals surface area contributed by atoms with Crippen LogP contribution >= 0.6 is 11.6 Å². The minimum absolute atomic E-state index is 0.0302. The van der Waals surface area contributed by atoms with Gasteiger partial charge >= 0.3 is 0 Å². The van der Waals surface area contributed by atoms with Crippen LogP contribution in [0.15, 0.2) is 65.6 Å². The Labute approximate surface area is 188 Å². The molecule has 0 aromatic heterocycles. The van der Waals surface area contributed by atoms with Gasteiger partial charge in [0.2, 0.25) is 0 Å². The Hall–Kier alpha value is -2.83. The molecule has 0 fully saturated rings. The Morgan fingerprint density at radius 3 is 2.16 bits per heavy atom. The highest BCUT2D eigenvalue weighted by Crippen LogP contribution is 2.29. The monoisotopic (exact) mass is 457 g/mol. The van der Waals surface area contributed by atoms with Crippen LogP contribution in [0.1, 0.15) is 22.3 Å². The van der Waals surface area contributed by atoms with E-state index in [2.05, 4.69) is 0 Å². The summed E-state index contributed by atoms with van der Waals surface area (Å²) < 4.78 is 33.4. The quantitative estimate of drug-likeness (QED) is 0.498. The molecule has 0 spiro atoms. The molecule has 0 N–H and O–H groups in total. The summed E-state index contributed by atoms with van der Waals surface area (Å²) in [6, 6.07) is 16.5. The number of hydrogen-bond donors (Lipinski definition) is 0. The highest BCUT2D eigenvalue weighted by atomic mass is 35.5. The number of hydrogen-bond acceptors (Lipinski definition) is 4. The predicted octanol–water partition coefficient (Wildman–Crippen LogP) is 5.37. The largest absolute Gasteiger partial charge is 0.484 e. The van der Waals surface area contributed by atoms with Crippen molar-refractivity contribution in [3.8, 4) is 5.75 Å². The lowest BCUT2D eigenvalue weighted by Crippen LogP contribution is -2.40. The molecule has 0 bridgehead atoms. The number of ether oxygens (including phenoxy) is 1. The van der Waals surface area contributed by atoms with Crippen molar-refractivity contribution in [2.45, 2.75) is 32.6 Å². The number of halogens is 1. The molecule has 3 aromatic rings. The van der Waals surface area contributed by atoms with E-state index in [0.717, 1.165) is 21.0 Å². The maximum atomic E-state index is 13.5. The molecule has 0 aliphatic rings. The van der Waals surface area contributed by atoms with Crippen LogP contribution in [0.5, 0.6) is 5.75 Å². The Kier molecular flexibility index (Phi) is 6.72. The predicted molar refractivity (Wildman–Crippen MR) is 123 cm³/mol. The van der Waals surface area contributed by atoms with Crippen molar-refractivity contribution in [1.29, 1.82) is 0 Å². The van der Waals surface area contributed by atoms with Gasteiger partial charge in [-0.2, -0.15) is 4.31 Å². The Bertz CT molecular complexity index is 1220. The van der Waals surface area contributed by atoms with Gasteiger partial charge in [0.15, 0.2) is 6.61 Å². The molecule has 3 aromatic carbocycles. The lowest BCUT2D eigenvalue weighted by molar-refractivity contribution is -0.119. The molecule has 5 nitrogen and oxygen atoms in total. The fraction of sp³-hybridized carbons (Fsp3) is 0.208. The number of rotatable bonds is 6. The van der Waals surface area contributed by atoms with Crippen molar-refractivity contribution in [1.82, 2.24) is 0 Å². The van der Waals surface area contributed by atoms with Gasteiger partial charge < -0.3 is 4.74 Å². The molecule has 1 amide bonds. The minimum Gasteiger partial charge on any atom is -0.484 e. The second kappa shape index (κ2) is 9.12. The van der Waals surface area contributed by atoms with Gasteiger partial charge in [-0.15, -0.1) is 0 Å². The third-order valence-corrected chi connectivity index (χ3v) is 7.00. The van der Waals surface area contributed by atoms with Crippen LogP contribution in [0.25, 0.3) is 0 Å². The molecule has 0 aliphatic heterocycles. The van der Waals surface area contributed by atoms with E-state index >= 15 is 0 Å². The molecule has 0 saturated heterocycles. The molecule has 0 unspecified atom stereocenters. The van der Waals surface area contributed by atoms with E-state index in [0.29, 0.717) is 22.0 Å². The van der Waals surface area contributed by atoms with Gasteiger partial charge in [-0.3, -0.25) is 4.79 Å². The van der Waals surface area contributed by atoms with Crippen LogP contribution in [0.2, 0.25) is 5.02 Å². The Morgan fingerprint density at radius 1 is 0.871 bits per heavy atom. The molecule has 0 aliphatic carbocycles. The summed E-state index contributed by atoms with van der Waals surface area (Å²) in [5.74, 6) is -0.192. The van der Waals surface area contributed by atoms with Crippen LogP contribution in [0.3, 0.4) is 0 Å². The van der Waals surface area contributed by atoms with Crippen molar-refractivity contribution >= 4 is 33.2 Å². The van der Waals surface area contributed by atoms with Crippen LogP contribution in [-0.2, 0) is 14.8 Å². The van der Waals surface area contributed by atoms with E-state index in [4.69, 9.17) is 16.3 Å². The maximum absolute atomic E-state index is 13.5. The zero-order chi connectivity index (χ0) is 22.8. The minimum atomic E-state index is -4.18. The number of nitrogens with zero attached hydrogens (tertiary/aromatic N) is 1. The number of aryl methyl sites for hydroxylation is 4. The molecule has 162 valence electrons. The first-order chi connectivity index (χ1) is 14.6. The normalized spacial score (nSPS) is 11.3. The van der Waals surface area contributed by atoms with Gasteiger partial charge in [0.25, 0.3) is 15.9 Å². The molecule has 3 rings (SSSR count). The summed E-state index contributed by atoms with van der Waals surface area (Å²) in [7, 11) is -4.18. The summed E-state index contributed by atoms with van der Waals surface area (Å²) in [6.07, 6.45) is 0. The van der Waals surface area contributed by atoms with Crippen molar-refractivity contribution in [2.75, 3.05) is 10.9 Å². The Morgan fingerprint density at radius 2 is 1.52 bits per heavy atom. The number of carbonyl (C=O) groups is 1. The SMILES string of the molecule is Cc1ccc(C)c(N(C(=O)COc2ccc(C)c(C)c2)S(=O)(=O)c2ccc(Cl)cc2)c1. The standard InChI is InChI=1S/C24H24ClNO4S/c1-16-5-6-18(3)23(13-16)26(31(28,29)22-11-8-20(25)9-12-22)24(27)15-30-21-10-7-17(2)19(4)14-21/h5-14H,15H2,1-4H3. The fourth-order valence-corrected chi connectivity index (χ4v) is 4.65. The van der Waals surface area contributed by atoms with Crippen LogP contribution in [0, 0.1) is 27.7 Å². The first-order valence-electron chi connectivity index (χ1n) is 9.70. The van der Waals surface area contributed by atoms with Crippen LogP contribution in [0.4, 0.5) is 5.69 Å². The summed E-state index contributed by atoms with van der Waals surface area (Å²) in [4.78, 5) is 13.2. The topological polar surface area (TPSA) is 63.7 Å². The lowest BCUT2D eigenvalue weighted by atomic mass is 10.1. The smallest absolute Gasteiger partial charge is 0.278 e. The van der Waals surface area contributed by atoms with Crippen molar-refractivity contribution in [2.24, 2.45) is 0 Å². The van der Waals surface area contributed by atoms with E-state index in [1.54, 1.807) is 25.1 Å². The van der Waals surface area contributed by atoms with E-state index in [1.165, 1.54) is 24.3 Å². The first kappa shape index (κ1) is 22.8. The summed E-state index contributed by atoms with van der Waals surface area (Å²) in [5.41, 5.74) is 3.90. The third-order valence-electron chi connectivity index (χ3n) is 5.00. The molecule has 7 heteroatoms. The van der Waals surface area contributed by atoms with Gasteiger partial charge in [-0.25, -0.2) is 8.42 Å². The van der Waals surface area contributed by atoms with Crippen LogP contribution < -0.4 is 9.04 Å². The highest BCUT2D eigenvalue weighted by molar-refractivity contribution is 7.93. The van der Waals surface area contributed by atoms with Crippen molar-refractivity contribution < 1.29 is 17.9 Å². The first-order valence-corrected chi connectivity index (χ1v) is 11.5. The molecule has 31 heavy (non-hydrogen) atoms. The van der Waals surface area contributed by atoms with Gasteiger partial charge in [0, 0.05) is 5.02 Å². The Balaban J connectivity index is 2.00. The highest BCUT2D eigenvalue weighted by Gasteiger charge is 2.32. The number of anilines is 1.